The fourth-order valence-corrected chi connectivity index (χ4v) is 3.88. The van der Waals surface area contributed by atoms with Crippen LogP contribution in [0.1, 0.15) is 24.1 Å². The number of anilines is 2. The van der Waals surface area contributed by atoms with Crippen LogP contribution >= 0.6 is 0 Å². The number of hydrogen-bond donors (Lipinski definition) is 2. The summed E-state index contributed by atoms with van der Waals surface area (Å²) >= 11 is 0. The van der Waals surface area contributed by atoms with Gasteiger partial charge in [-0.05, 0) is 30.7 Å². The van der Waals surface area contributed by atoms with Crippen molar-refractivity contribution in [1.82, 2.24) is 19.7 Å². The summed E-state index contributed by atoms with van der Waals surface area (Å²) in [5.41, 5.74) is 3.70. The zero-order chi connectivity index (χ0) is 22.6. The molecule has 1 unspecified atom stereocenters. The first-order valence-corrected chi connectivity index (χ1v) is 10.5. The third-order valence-electron chi connectivity index (χ3n) is 5.41. The Balaban J connectivity index is 1.53. The van der Waals surface area contributed by atoms with E-state index in [9.17, 15) is 4.79 Å². The number of nitrogens with one attached hydrogen (secondary N) is 2. The molecule has 0 fully saturated rings. The first-order chi connectivity index (χ1) is 16.2. The van der Waals surface area contributed by atoms with Crippen molar-refractivity contribution < 1.29 is 9.53 Å². The van der Waals surface area contributed by atoms with Crippen LogP contribution in [0.25, 0.3) is 0 Å². The van der Waals surface area contributed by atoms with Crippen molar-refractivity contribution in [2.24, 2.45) is 0 Å². The molecule has 8 heteroatoms. The van der Waals surface area contributed by atoms with Gasteiger partial charge in [0.15, 0.2) is 0 Å². The minimum atomic E-state index is -0.521. The number of amides is 1. The van der Waals surface area contributed by atoms with Crippen molar-refractivity contribution in [2.45, 2.75) is 19.6 Å². The summed E-state index contributed by atoms with van der Waals surface area (Å²) in [6, 6.07) is 20.7. The first-order valence-electron chi connectivity index (χ1n) is 10.5. The van der Waals surface area contributed by atoms with Gasteiger partial charge in [-0.2, -0.15) is 10.1 Å². The minimum Gasteiger partial charge on any atom is -0.489 e. The fourth-order valence-electron chi connectivity index (χ4n) is 3.88. The van der Waals surface area contributed by atoms with Crippen molar-refractivity contribution in [3.05, 3.63) is 108 Å². The average molecular weight is 438 g/mol. The third-order valence-corrected chi connectivity index (χ3v) is 5.41. The van der Waals surface area contributed by atoms with Gasteiger partial charge in [0.2, 0.25) is 5.95 Å². The Bertz CT molecular complexity index is 1300. The van der Waals surface area contributed by atoms with Gasteiger partial charge in [0.25, 0.3) is 5.91 Å². The number of nitrogens with zero attached hydrogens (tertiary/aromatic N) is 4. The number of allylic oxidation sites excluding steroid dienone is 1. The van der Waals surface area contributed by atoms with E-state index in [0.717, 1.165) is 11.1 Å². The summed E-state index contributed by atoms with van der Waals surface area (Å²) in [4.78, 5) is 21.8. The van der Waals surface area contributed by atoms with Gasteiger partial charge in [-0.15, -0.1) is 0 Å². The number of aromatic nitrogens is 4. The Morgan fingerprint density at radius 2 is 1.91 bits per heavy atom. The first kappa shape index (κ1) is 20.4. The largest absolute Gasteiger partial charge is 0.489 e. The molecule has 2 N–H and O–H groups in total. The quantitative estimate of drug-likeness (QED) is 0.469. The number of carbonyl (C=O) groups excluding carboxylic acids is 1. The van der Waals surface area contributed by atoms with Gasteiger partial charge in [-0.3, -0.25) is 9.78 Å². The average Bonchev–Trinajstić information content (AvgIpc) is 3.31. The van der Waals surface area contributed by atoms with Gasteiger partial charge in [0, 0.05) is 17.5 Å². The molecule has 0 bridgehead atoms. The molecular weight excluding hydrogens is 416 g/mol. The second-order valence-corrected chi connectivity index (χ2v) is 7.60. The van der Waals surface area contributed by atoms with Crippen LogP contribution in [0.3, 0.4) is 0 Å². The van der Waals surface area contributed by atoms with E-state index in [1.54, 1.807) is 29.2 Å². The van der Waals surface area contributed by atoms with Gasteiger partial charge in [0.1, 0.15) is 24.7 Å². The maximum absolute atomic E-state index is 13.4. The van der Waals surface area contributed by atoms with Gasteiger partial charge >= 0.3 is 0 Å². The Morgan fingerprint density at radius 3 is 2.73 bits per heavy atom. The van der Waals surface area contributed by atoms with Crippen LogP contribution in [-0.4, -0.2) is 25.7 Å². The Labute approximate surface area is 191 Å². The summed E-state index contributed by atoms with van der Waals surface area (Å²) in [7, 11) is 0. The Hall–Kier alpha value is -4.46. The summed E-state index contributed by atoms with van der Waals surface area (Å²) < 4.78 is 7.91. The van der Waals surface area contributed by atoms with E-state index in [1.165, 1.54) is 6.33 Å². The molecule has 4 aromatic rings. The zero-order valence-electron chi connectivity index (χ0n) is 18.0. The van der Waals surface area contributed by atoms with Crippen LogP contribution < -0.4 is 15.4 Å². The summed E-state index contributed by atoms with van der Waals surface area (Å²) in [5, 5.41) is 10.5. The number of pyridine rings is 1. The lowest BCUT2D eigenvalue weighted by atomic mass is 9.94. The number of benzene rings is 2. The van der Waals surface area contributed by atoms with E-state index in [4.69, 9.17) is 4.74 Å². The number of ether oxygens (including phenoxy) is 1. The zero-order valence-corrected chi connectivity index (χ0v) is 18.0. The van der Waals surface area contributed by atoms with Crippen molar-refractivity contribution >= 4 is 17.5 Å². The normalized spacial score (nSPS) is 14.9. The maximum atomic E-state index is 13.4. The molecule has 1 aliphatic rings. The predicted molar refractivity (Wildman–Crippen MR) is 125 cm³/mol. The Kier molecular flexibility index (Phi) is 5.55. The SMILES string of the molecule is CC1=C(C(=O)Nc2cccnc2)C(c2ccccc2OCc2ccccc2)n2ncnc2N1. The van der Waals surface area contributed by atoms with Crippen LogP contribution in [0.2, 0.25) is 0 Å². The molecule has 1 atom stereocenters. The van der Waals surface area contributed by atoms with Crippen LogP contribution in [0.5, 0.6) is 5.75 Å². The number of fused-ring (bicyclic) bond motifs is 1. The number of carbonyl (C=O) groups is 1. The van der Waals surface area contributed by atoms with Crippen LogP contribution in [0, 0.1) is 0 Å². The van der Waals surface area contributed by atoms with Crippen LogP contribution in [0.15, 0.2) is 96.7 Å². The minimum absolute atomic E-state index is 0.253. The van der Waals surface area contributed by atoms with E-state index in [2.05, 4.69) is 25.7 Å². The van der Waals surface area contributed by atoms with Crippen LogP contribution in [-0.2, 0) is 11.4 Å². The molecule has 0 saturated heterocycles. The lowest BCUT2D eigenvalue weighted by molar-refractivity contribution is -0.113. The number of hydrogen-bond acceptors (Lipinski definition) is 6. The van der Waals surface area contributed by atoms with Gasteiger partial charge in [0.05, 0.1) is 17.5 Å². The van der Waals surface area contributed by atoms with E-state index in [0.29, 0.717) is 35.3 Å². The van der Waals surface area contributed by atoms with Gasteiger partial charge in [-0.25, -0.2) is 4.68 Å². The smallest absolute Gasteiger partial charge is 0.255 e. The molecule has 2 aromatic carbocycles. The highest BCUT2D eigenvalue weighted by Crippen LogP contribution is 2.39. The summed E-state index contributed by atoms with van der Waals surface area (Å²) in [6.45, 7) is 2.27. The maximum Gasteiger partial charge on any atom is 0.255 e. The van der Waals surface area contributed by atoms with Crippen molar-refractivity contribution in [2.75, 3.05) is 10.6 Å². The monoisotopic (exact) mass is 438 g/mol. The van der Waals surface area contributed by atoms with E-state index in [-0.39, 0.29) is 5.91 Å². The lowest BCUT2D eigenvalue weighted by Gasteiger charge is -2.29. The second-order valence-electron chi connectivity index (χ2n) is 7.60. The summed E-state index contributed by atoms with van der Waals surface area (Å²) in [5.74, 6) is 0.986. The second kappa shape index (κ2) is 8.96. The molecule has 33 heavy (non-hydrogen) atoms. The molecule has 164 valence electrons. The highest BCUT2D eigenvalue weighted by atomic mass is 16.5. The van der Waals surface area contributed by atoms with E-state index >= 15 is 0 Å². The van der Waals surface area contributed by atoms with Gasteiger partial charge in [-0.1, -0.05) is 48.5 Å². The van der Waals surface area contributed by atoms with E-state index < -0.39 is 6.04 Å². The highest BCUT2D eigenvalue weighted by Gasteiger charge is 2.35. The topological polar surface area (TPSA) is 94.0 Å². The lowest BCUT2D eigenvalue weighted by Crippen LogP contribution is -2.31. The standard InChI is InChI=1S/C25H22N6O2/c1-17-22(24(32)30-19-10-7-13-26-14-19)23(31-25(29-17)27-16-28-31)20-11-5-6-12-21(20)33-15-18-8-3-2-4-9-18/h2-14,16,23H,15H2,1H3,(H,30,32)(H,27,28,29). The Morgan fingerprint density at radius 1 is 1.09 bits per heavy atom. The predicted octanol–water partition coefficient (Wildman–Crippen LogP) is 4.18. The molecule has 8 nitrogen and oxygen atoms in total. The van der Waals surface area contributed by atoms with E-state index in [1.807, 2.05) is 61.5 Å². The molecule has 0 aliphatic carbocycles. The van der Waals surface area contributed by atoms with Crippen molar-refractivity contribution in [3.63, 3.8) is 0 Å². The van der Waals surface area contributed by atoms with Gasteiger partial charge < -0.3 is 15.4 Å². The third kappa shape index (κ3) is 4.18. The van der Waals surface area contributed by atoms with Crippen LogP contribution in [0.4, 0.5) is 11.6 Å². The molecule has 1 amide bonds. The van der Waals surface area contributed by atoms with Crippen molar-refractivity contribution in [3.8, 4) is 5.75 Å². The molecule has 0 radical (unpaired) electrons. The summed E-state index contributed by atoms with van der Waals surface area (Å²) in [6.07, 6.45) is 4.74. The molecule has 3 heterocycles. The molecule has 2 aromatic heterocycles. The number of para-hydroxylation sites is 1. The molecule has 0 spiro atoms. The molecule has 5 rings (SSSR count). The molecule has 1 aliphatic heterocycles. The molecular formula is C25H22N6O2. The fraction of sp³-hybridized carbons (Fsp3) is 0.120. The number of rotatable bonds is 6. The highest BCUT2D eigenvalue weighted by molar-refractivity contribution is 6.06. The van der Waals surface area contributed by atoms with Crippen molar-refractivity contribution in [1.29, 1.82) is 0 Å². The molecule has 0 saturated carbocycles.